The van der Waals surface area contributed by atoms with Crippen LogP contribution in [-0.2, 0) is 0 Å². The van der Waals surface area contributed by atoms with Crippen LogP contribution in [0.25, 0.3) is 0 Å². The van der Waals surface area contributed by atoms with Gasteiger partial charge in [-0.2, -0.15) is 0 Å². The van der Waals surface area contributed by atoms with Gasteiger partial charge in [-0.15, -0.1) is 0 Å². The van der Waals surface area contributed by atoms with Crippen LogP contribution in [0.1, 0.15) is 5.56 Å². The number of hydrogen-bond donors (Lipinski definition) is 0. The molecule has 0 aliphatic rings. The van der Waals surface area contributed by atoms with Crippen molar-refractivity contribution < 1.29 is 18.9 Å². The van der Waals surface area contributed by atoms with Gasteiger partial charge in [0.2, 0.25) is 5.75 Å². The number of rotatable bonds is 4. The molecule has 0 aliphatic carbocycles. The highest BCUT2D eigenvalue weighted by Crippen LogP contribution is 2.48. The van der Waals surface area contributed by atoms with Gasteiger partial charge in [0.15, 0.2) is 11.5 Å². The molecule has 0 N–H and O–H groups in total. The molecule has 0 spiro atoms. The summed E-state index contributed by atoms with van der Waals surface area (Å²) in [5.41, 5.74) is 0.895. The molecule has 1 aromatic carbocycles. The summed E-state index contributed by atoms with van der Waals surface area (Å²) in [4.78, 5) is 0. The van der Waals surface area contributed by atoms with Crippen LogP contribution in [0.3, 0.4) is 0 Å². The Morgan fingerprint density at radius 1 is 0.688 bits per heavy atom. The Kier molecular flexibility index (Phi) is 4.52. The van der Waals surface area contributed by atoms with E-state index < -0.39 is 0 Å². The van der Waals surface area contributed by atoms with Gasteiger partial charge in [0.25, 0.3) is 0 Å². The molecule has 1 aromatic rings. The molecule has 5 heteroatoms. The average Bonchev–Trinajstić information content (AvgIpc) is 2.29. The predicted octanol–water partition coefficient (Wildman–Crippen LogP) is 2.63. The maximum absolute atomic E-state index is 5.34. The maximum Gasteiger partial charge on any atom is 0.204 e. The SMILES string of the molecule is COc1c(C)c(OC)c(OC)c(OC)c1I. The highest BCUT2D eigenvalue weighted by Gasteiger charge is 2.23. The second kappa shape index (κ2) is 5.47. The minimum absolute atomic E-state index is 0.590. The van der Waals surface area contributed by atoms with Gasteiger partial charge in [0.1, 0.15) is 9.32 Å². The van der Waals surface area contributed by atoms with Crippen LogP contribution in [0.2, 0.25) is 0 Å². The number of methoxy groups -OCH3 is 4. The molecule has 1 rings (SSSR count). The standard InChI is InChI=1S/C11H15IO4/c1-6-8(13-2)7(12)10(15-4)11(16-5)9(6)14-3/h1-5H3. The Morgan fingerprint density at radius 3 is 1.50 bits per heavy atom. The predicted molar refractivity (Wildman–Crippen MR) is 70.1 cm³/mol. The van der Waals surface area contributed by atoms with Crippen molar-refractivity contribution in [3.8, 4) is 23.0 Å². The molecule has 0 unspecified atom stereocenters. The van der Waals surface area contributed by atoms with Crippen molar-refractivity contribution in [1.82, 2.24) is 0 Å². The summed E-state index contributed by atoms with van der Waals surface area (Å²) in [6, 6.07) is 0. The highest BCUT2D eigenvalue weighted by atomic mass is 127. The monoisotopic (exact) mass is 338 g/mol. The van der Waals surface area contributed by atoms with E-state index in [4.69, 9.17) is 18.9 Å². The molecule has 0 aliphatic heterocycles. The molecule has 0 bridgehead atoms. The lowest BCUT2D eigenvalue weighted by Gasteiger charge is -2.18. The van der Waals surface area contributed by atoms with Crippen molar-refractivity contribution in [2.45, 2.75) is 6.92 Å². The van der Waals surface area contributed by atoms with E-state index in [0.29, 0.717) is 17.2 Å². The molecule has 0 aromatic heterocycles. The van der Waals surface area contributed by atoms with Gasteiger partial charge in [-0.1, -0.05) is 0 Å². The summed E-state index contributed by atoms with van der Waals surface area (Å²) < 4.78 is 22.2. The molecule has 0 amide bonds. The normalized spacial score (nSPS) is 9.88. The van der Waals surface area contributed by atoms with Crippen molar-refractivity contribution in [1.29, 1.82) is 0 Å². The first-order chi connectivity index (χ1) is 7.62. The lowest BCUT2D eigenvalue weighted by atomic mass is 10.1. The van der Waals surface area contributed by atoms with Crippen LogP contribution in [-0.4, -0.2) is 28.4 Å². The van der Waals surface area contributed by atoms with E-state index in [0.717, 1.165) is 14.9 Å². The molecule has 0 atom stereocenters. The first-order valence-electron chi connectivity index (χ1n) is 4.64. The minimum atomic E-state index is 0.590. The first kappa shape index (κ1) is 13.2. The zero-order valence-electron chi connectivity index (χ0n) is 10.0. The summed E-state index contributed by atoms with van der Waals surface area (Å²) >= 11 is 2.16. The van der Waals surface area contributed by atoms with E-state index >= 15 is 0 Å². The molecule has 0 saturated heterocycles. The summed E-state index contributed by atoms with van der Waals surface area (Å²) in [6.45, 7) is 1.92. The van der Waals surface area contributed by atoms with Crippen LogP contribution >= 0.6 is 22.6 Å². The third kappa shape index (κ3) is 2.00. The summed E-state index contributed by atoms with van der Waals surface area (Å²) in [5, 5.41) is 0. The smallest absolute Gasteiger partial charge is 0.204 e. The van der Waals surface area contributed by atoms with Crippen LogP contribution in [0.15, 0.2) is 0 Å². The van der Waals surface area contributed by atoms with E-state index in [1.807, 2.05) is 6.92 Å². The van der Waals surface area contributed by atoms with Crippen molar-refractivity contribution in [2.24, 2.45) is 0 Å². The summed E-state index contributed by atoms with van der Waals surface area (Å²) in [7, 11) is 6.39. The van der Waals surface area contributed by atoms with Crippen molar-refractivity contribution in [3.05, 3.63) is 9.13 Å². The van der Waals surface area contributed by atoms with Gasteiger partial charge in [-0.25, -0.2) is 0 Å². The Labute approximate surface area is 109 Å². The Morgan fingerprint density at radius 2 is 1.12 bits per heavy atom. The lowest BCUT2D eigenvalue weighted by molar-refractivity contribution is 0.314. The Balaban J connectivity index is 3.61. The van der Waals surface area contributed by atoms with Gasteiger partial charge in [-0.05, 0) is 29.5 Å². The average molecular weight is 338 g/mol. The zero-order valence-corrected chi connectivity index (χ0v) is 12.2. The van der Waals surface area contributed by atoms with Crippen LogP contribution in [0.4, 0.5) is 0 Å². The third-order valence-electron chi connectivity index (χ3n) is 2.31. The topological polar surface area (TPSA) is 36.9 Å². The minimum Gasteiger partial charge on any atom is -0.495 e. The fourth-order valence-corrected chi connectivity index (χ4v) is 2.69. The van der Waals surface area contributed by atoms with Crippen molar-refractivity contribution in [2.75, 3.05) is 28.4 Å². The first-order valence-corrected chi connectivity index (χ1v) is 5.72. The maximum atomic E-state index is 5.34. The molecule has 0 heterocycles. The van der Waals surface area contributed by atoms with E-state index in [-0.39, 0.29) is 0 Å². The van der Waals surface area contributed by atoms with E-state index in [1.54, 1.807) is 28.4 Å². The Hall–Kier alpha value is -0.850. The zero-order chi connectivity index (χ0) is 12.3. The largest absolute Gasteiger partial charge is 0.495 e. The van der Waals surface area contributed by atoms with Gasteiger partial charge in [0, 0.05) is 5.56 Å². The number of halogens is 1. The molecule has 4 nitrogen and oxygen atoms in total. The van der Waals surface area contributed by atoms with Gasteiger partial charge < -0.3 is 18.9 Å². The van der Waals surface area contributed by atoms with Crippen molar-refractivity contribution in [3.63, 3.8) is 0 Å². The third-order valence-corrected chi connectivity index (χ3v) is 3.29. The molecular formula is C11H15IO4. The van der Waals surface area contributed by atoms with Crippen LogP contribution in [0.5, 0.6) is 23.0 Å². The highest BCUT2D eigenvalue weighted by molar-refractivity contribution is 14.1. The Bertz CT molecular complexity index is 359. The van der Waals surface area contributed by atoms with E-state index in [1.165, 1.54) is 0 Å². The molecule has 90 valence electrons. The summed E-state index contributed by atoms with van der Waals surface area (Å²) in [6.07, 6.45) is 0. The second-order valence-electron chi connectivity index (χ2n) is 3.07. The van der Waals surface area contributed by atoms with Crippen LogP contribution < -0.4 is 18.9 Å². The molecule has 16 heavy (non-hydrogen) atoms. The summed E-state index contributed by atoms with van der Waals surface area (Å²) in [5.74, 6) is 2.60. The van der Waals surface area contributed by atoms with E-state index in [2.05, 4.69) is 22.6 Å². The fraction of sp³-hybridized carbons (Fsp3) is 0.455. The lowest BCUT2D eigenvalue weighted by Crippen LogP contribution is -2.02. The van der Waals surface area contributed by atoms with Crippen molar-refractivity contribution >= 4 is 22.6 Å². The molecule has 0 fully saturated rings. The van der Waals surface area contributed by atoms with Gasteiger partial charge in [-0.3, -0.25) is 0 Å². The number of ether oxygens (including phenoxy) is 4. The van der Waals surface area contributed by atoms with Gasteiger partial charge >= 0.3 is 0 Å². The second-order valence-corrected chi connectivity index (χ2v) is 4.15. The molecule has 0 saturated carbocycles. The van der Waals surface area contributed by atoms with E-state index in [9.17, 15) is 0 Å². The quantitative estimate of drug-likeness (QED) is 0.791. The number of hydrogen-bond acceptors (Lipinski definition) is 4. The number of benzene rings is 1. The molecule has 0 radical (unpaired) electrons. The molecular weight excluding hydrogens is 323 g/mol. The fourth-order valence-electron chi connectivity index (χ4n) is 1.60. The van der Waals surface area contributed by atoms with Gasteiger partial charge in [0.05, 0.1) is 28.4 Å². The van der Waals surface area contributed by atoms with Crippen LogP contribution in [0, 0.1) is 10.5 Å².